The van der Waals surface area contributed by atoms with E-state index in [1.165, 1.54) is 4.57 Å². The largest absolute Gasteiger partial charge is 0.383 e. The zero-order valence-electron chi connectivity index (χ0n) is 12.2. The molecule has 0 bridgehead atoms. The van der Waals surface area contributed by atoms with E-state index in [1.807, 2.05) is 37.3 Å². The minimum absolute atomic E-state index is 0.0441. The summed E-state index contributed by atoms with van der Waals surface area (Å²) in [5.41, 5.74) is 6.29. The van der Waals surface area contributed by atoms with Gasteiger partial charge in [-0.05, 0) is 18.9 Å². The molecule has 1 aromatic carbocycles. The Morgan fingerprint density at radius 3 is 2.48 bits per heavy atom. The summed E-state index contributed by atoms with van der Waals surface area (Å²) in [6, 6.07) is 9.76. The van der Waals surface area contributed by atoms with E-state index in [2.05, 4.69) is 10.3 Å². The van der Waals surface area contributed by atoms with Gasteiger partial charge in [0.15, 0.2) is 0 Å². The van der Waals surface area contributed by atoms with Crippen LogP contribution < -0.4 is 22.3 Å². The van der Waals surface area contributed by atoms with E-state index >= 15 is 0 Å². The van der Waals surface area contributed by atoms with E-state index in [9.17, 15) is 9.59 Å². The molecule has 21 heavy (non-hydrogen) atoms. The normalized spacial score (nSPS) is 12.1. The average molecular weight is 288 g/mol. The number of hydrogen-bond acceptors (Lipinski definition) is 4. The van der Waals surface area contributed by atoms with Crippen LogP contribution in [0.5, 0.6) is 0 Å². The number of nitrogens with two attached hydrogens (primary N) is 1. The molecule has 1 heterocycles. The Labute approximate surface area is 122 Å². The Kier molecular flexibility index (Phi) is 4.47. The first-order valence-corrected chi connectivity index (χ1v) is 7.02. The first-order chi connectivity index (χ1) is 10.1. The van der Waals surface area contributed by atoms with Gasteiger partial charge >= 0.3 is 5.69 Å². The van der Waals surface area contributed by atoms with Crippen molar-refractivity contribution in [1.82, 2.24) is 9.55 Å². The topological polar surface area (TPSA) is 92.9 Å². The van der Waals surface area contributed by atoms with E-state index < -0.39 is 11.2 Å². The van der Waals surface area contributed by atoms with Crippen molar-refractivity contribution in [2.45, 2.75) is 32.9 Å². The Hall–Kier alpha value is -2.50. The van der Waals surface area contributed by atoms with Gasteiger partial charge in [-0.1, -0.05) is 37.3 Å². The molecule has 2 aromatic rings. The molecular formula is C15H20N4O2. The van der Waals surface area contributed by atoms with Gasteiger partial charge in [0.1, 0.15) is 11.5 Å². The molecule has 0 aliphatic carbocycles. The molecule has 0 amide bonds. The third-order valence-electron chi connectivity index (χ3n) is 3.48. The summed E-state index contributed by atoms with van der Waals surface area (Å²) < 4.78 is 1.33. The molecule has 0 saturated heterocycles. The molecule has 0 aliphatic heterocycles. The highest BCUT2D eigenvalue weighted by Gasteiger charge is 2.16. The number of anilines is 2. The minimum Gasteiger partial charge on any atom is -0.383 e. The summed E-state index contributed by atoms with van der Waals surface area (Å²) in [5, 5.41) is 3.16. The SMILES string of the molecule is CCC(Nc1c(N)n(CC)c(=O)[nH]c1=O)c1ccccc1. The molecule has 0 radical (unpaired) electrons. The molecule has 1 atom stereocenters. The van der Waals surface area contributed by atoms with Crippen LogP contribution in [0.25, 0.3) is 0 Å². The molecule has 0 aliphatic rings. The van der Waals surface area contributed by atoms with Crippen molar-refractivity contribution in [3.05, 3.63) is 56.7 Å². The van der Waals surface area contributed by atoms with Crippen molar-refractivity contribution < 1.29 is 0 Å². The Bertz CT molecular complexity index is 719. The highest BCUT2D eigenvalue weighted by atomic mass is 16.2. The minimum atomic E-state index is -0.489. The van der Waals surface area contributed by atoms with Crippen LogP contribution in [0.4, 0.5) is 11.5 Å². The number of nitrogens with one attached hydrogen (secondary N) is 2. The molecule has 2 rings (SSSR count). The van der Waals surface area contributed by atoms with Gasteiger partial charge in [0.2, 0.25) is 0 Å². The van der Waals surface area contributed by atoms with Crippen molar-refractivity contribution >= 4 is 11.5 Å². The van der Waals surface area contributed by atoms with Gasteiger partial charge in [0, 0.05) is 6.54 Å². The lowest BCUT2D eigenvalue weighted by Crippen LogP contribution is -2.34. The fourth-order valence-corrected chi connectivity index (χ4v) is 2.32. The lowest BCUT2D eigenvalue weighted by atomic mass is 10.0. The van der Waals surface area contributed by atoms with E-state index in [-0.39, 0.29) is 17.5 Å². The van der Waals surface area contributed by atoms with Gasteiger partial charge in [0.05, 0.1) is 6.04 Å². The zero-order valence-corrected chi connectivity index (χ0v) is 12.2. The maximum atomic E-state index is 12.0. The number of H-pyrrole nitrogens is 1. The molecule has 6 heteroatoms. The van der Waals surface area contributed by atoms with Gasteiger partial charge in [-0.15, -0.1) is 0 Å². The average Bonchev–Trinajstić information content (AvgIpc) is 2.48. The fourth-order valence-electron chi connectivity index (χ4n) is 2.32. The van der Waals surface area contributed by atoms with Gasteiger partial charge in [-0.2, -0.15) is 0 Å². The van der Waals surface area contributed by atoms with E-state index in [1.54, 1.807) is 6.92 Å². The van der Waals surface area contributed by atoms with E-state index in [4.69, 9.17) is 5.73 Å². The Morgan fingerprint density at radius 1 is 1.24 bits per heavy atom. The second-order valence-electron chi connectivity index (χ2n) is 4.78. The quantitative estimate of drug-likeness (QED) is 0.780. The van der Waals surface area contributed by atoms with Gasteiger partial charge < -0.3 is 11.1 Å². The van der Waals surface area contributed by atoms with Crippen LogP contribution in [-0.2, 0) is 6.54 Å². The molecule has 1 unspecified atom stereocenters. The third-order valence-corrected chi connectivity index (χ3v) is 3.48. The van der Waals surface area contributed by atoms with E-state index in [0.717, 1.165) is 12.0 Å². The second kappa shape index (κ2) is 6.30. The van der Waals surface area contributed by atoms with Crippen molar-refractivity contribution in [2.24, 2.45) is 0 Å². The molecule has 6 nitrogen and oxygen atoms in total. The maximum Gasteiger partial charge on any atom is 0.330 e. The van der Waals surface area contributed by atoms with Gasteiger partial charge in [-0.3, -0.25) is 14.3 Å². The first kappa shape index (κ1) is 14.9. The monoisotopic (exact) mass is 288 g/mol. The summed E-state index contributed by atoms with van der Waals surface area (Å²) in [6.07, 6.45) is 0.786. The summed E-state index contributed by atoms with van der Waals surface area (Å²) in [7, 11) is 0. The van der Waals surface area contributed by atoms with Crippen LogP contribution in [-0.4, -0.2) is 9.55 Å². The summed E-state index contributed by atoms with van der Waals surface area (Å²) in [4.78, 5) is 26.0. The standard InChI is InChI=1S/C15H20N4O2/c1-3-11(10-8-6-5-7-9-10)17-12-13(16)19(4-2)15(21)18-14(12)20/h5-9,11,17H,3-4,16H2,1-2H3,(H,18,20,21). The molecule has 0 spiro atoms. The zero-order chi connectivity index (χ0) is 15.4. The maximum absolute atomic E-state index is 12.0. The van der Waals surface area contributed by atoms with Crippen LogP contribution >= 0.6 is 0 Å². The van der Waals surface area contributed by atoms with Crippen molar-refractivity contribution in [2.75, 3.05) is 11.1 Å². The van der Waals surface area contributed by atoms with Crippen LogP contribution in [0.3, 0.4) is 0 Å². The van der Waals surface area contributed by atoms with Gasteiger partial charge in [0.25, 0.3) is 5.56 Å². The lowest BCUT2D eigenvalue weighted by molar-refractivity contribution is 0.696. The molecule has 0 saturated carbocycles. The number of nitrogen functional groups attached to an aromatic ring is 1. The van der Waals surface area contributed by atoms with Gasteiger partial charge in [-0.25, -0.2) is 4.79 Å². The smallest absolute Gasteiger partial charge is 0.330 e. The molecule has 0 fully saturated rings. The fraction of sp³-hybridized carbons (Fsp3) is 0.333. The van der Waals surface area contributed by atoms with Crippen LogP contribution in [0.15, 0.2) is 39.9 Å². The highest BCUT2D eigenvalue weighted by Crippen LogP contribution is 2.22. The molecule has 112 valence electrons. The van der Waals surface area contributed by atoms with Crippen molar-refractivity contribution in [1.29, 1.82) is 0 Å². The number of benzene rings is 1. The summed E-state index contributed by atoms with van der Waals surface area (Å²) in [5.74, 6) is 0.167. The number of aromatic nitrogens is 2. The Morgan fingerprint density at radius 2 is 1.90 bits per heavy atom. The number of aromatic amines is 1. The summed E-state index contributed by atoms with van der Waals surface area (Å²) >= 11 is 0. The Balaban J connectivity index is 2.43. The third kappa shape index (κ3) is 2.99. The number of rotatable bonds is 5. The van der Waals surface area contributed by atoms with Crippen molar-refractivity contribution in [3.8, 4) is 0 Å². The van der Waals surface area contributed by atoms with Crippen LogP contribution in [0, 0.1) is 0 Å². The molecule has 4 N–H and O–H groups in total. The first-order valence-electron chi connectivity index (χ1n) is 7.02. The highest BCUT2D eigenvalue weighted by molar-refractivity contribution is 5.61. The lowest BCUT2D eigenvalue weighted by Gasteiger charge is -2.20. The molecule has 1 aromatic heterocycles. The van der Waals surface area contributed by atoms with Crippen molar-refractivity contribution in [3.63, 3.8) is 0 Å². The van der Waals surface area contributed by atoms with Crippen LogP contribution in [0.1, 0.15) is 31.9 Å². The second-order valence-corrected chi connectivity index (χ2v) is 4.78. The predicted molar refractivity (Wildman–Crippen MR) is 84.5 cm³/mol. The van der Waals surface area contributed by atoms with E-state index in [0.29, 0.717) is 6.54 Å². The summed E-state index contributed by atoms with van der Waals surface area (Å²) in [6.45, 7) is 4.22. The molecular weight excluding hydrogens is 268 g/mol. The predicted octanol–water partition coefficient (Wildman–Crippen LogP) is 1.70. The number of nitrogens with zero attached hydrogens (tertiary/aromatic N) is 1. The number of hydrogen-bond donors (Lipinski definition) is 3. The van der Waals surface area contributed by atoms with Crippen LogP contribution in [0.2, 0.25) is 0 Å².